The van der Waals surface area contributed by atoms with Crippen molar-refractivity contribution in [2.24, 2.45) is 17.3 Å². The van der Waals surface area contributed by atoms with Crippen molar-refractivity contribution in [3.8, 4) is 0 Å². The Hall–Kier alpha value is -2.19. The van der Waals surface area contributed by atoms with Gasteiger partial charge in [-0.3, -0.25) is 0 Å². The van der Waals surface area contributed by atoms with Crippen LogP contribution >= 0.6 is 0 Å². The highest BCUT2D eigenvalue weighted by Gasteiger charge is 2.37. The van der Waals surface area contributed by atoms with Gasteiger partial charge in [0.05, 0.1) is 0 Å². The summed E-state index contributed by atoms with van der Waals surface area (Å²) in [4.78, 5) is 35.4. The van der Waals surface area contributed by atoms with Gasteiger partial charge in [-0.25, -0.2) is 14.4 Å². The van der Waals surface area contributed by atoms with Crippen LogP contribution in [-0.4, -0.2) is 56.2 Å². The van der Waals surface area contributed by atoms with E-state index in [-0.39, 0.29) is 86.6 Å². The van der Waals surface area contributed by atoms with Crippen LogP contribution < -0.4 is 16.0 Å². The molecule has 0 aromatic heterocycles. The van der Waals surface area contributed by atoms with Crippen molar-refractivity contribution in [3.63, 3.8) is 0 Å². The van der Waals surface area contributed by atoms with E-state index in [1.165, 1.54) is 0 Å². The molecule has 42 heavy (non-hydrogen) atoms. The molecule has 0 saturated heterocycles. The van der Waals surface area contributed by atoms with Crippen molar-refractivity contribution < 1.29 is 28.6 Å². The lowest BCUT2D eigenvalue weighted by molar-refractivity contribution is 0.0356. The number of rotatable bonds is 17. The van der Waals surface area contributed by atoms with Gasteiger partial charge in [0.15, 0.2) is 0 Å². The number of hydrogen-bond acceptors (Lipinski definition) is 6. The lowest BCUT2D eigenvalue weighted by Crippen LogP contribution is -2.36. The summed E-state index contributed by atoms with van der Waals surface area (Å²) < 4.78 is 16.4. The Labute approximate surface area is 263 Å². The van der Waals surface area contributed by atoms with Gasteiger partial charge in [0.2, 0.25) is 0 Å². The van der Waals surface area contributed by atoms with Crippen molar-refractivity contribution in [2.45, 2.75) is 164 Å². The quantitative estimate of drug-likeness (QED) is 0.141. The molecule has 0 aromatic rings. The van der Waals surface area contributed by atoms with Crippen molar-refractivity contribution in [3.05, 3.63) is 0 Å². The molecule has 0 aromatic carbocycles. The molecule has 3 N–H and O–H groups in total. The van der Waals surface area contributed by atoms with Gasteiger partial charge >= 0.3 is 18.3 Å². The summed E-state index contributed by atoms with van der Waals surface area (Å²) in [6.07, 6.45) is 3.26. The molecule has 0 aliphatic heterocycles. The fourth-order valence-electron chi connectivity index (χ4n) is 4.40. The summed E-state index contributed by atoms with van der Waals surface area (Å²) in [5, 5.41) is 8.02. The first-order valence-electron chi connectivity index (χ1n) is 13.7. The van der Waals surface area contributed by atoms with Crippen LogP contribution in [0.5, 0.6) is 0 Å². The van der Waals surface area contributed by atoms with Crippen LogP contribution in [0.25, 0.3) is 0 Å². The largest absolute Gasteiger partial charge is 0.447 e. The molecule has 0 fully saturated rings. The highest BCUT2D eigenvalue weighted by atomic mass is 16.6. The third-order valence-electron chi connectivity index (χ3n) is 7.24. The number of amides is 3. The normalized spacial score (nSPS) is 14.5. The van der Waals surface area contributed by atoms with Crippen LogP contribution in [0.15, 0.2) is 0 Å². The maximum Gasteiger partial charge on any atom is 0.407 e. The number of hydrogen-bond donors (Lipinski definition) is 3. The standard InChI is InChI=1S/C27H53N3O6.6CH4/c1-10-28-24(31)34-21(6)15-13-19(4)27(9,18-17-23(8)36-26(33)30-12-3)20(5)14-16-22(7)35-25(32)29-11-2;;;;;;/h19-23H,10-18H2,1-9H3,(H,28,31)(H,29,32)(H,30,33);6*1H4. The van der Waals surface area contributed by atoms with E-state index < -0.39 is 0 Å². The van der Waals surface area contributed by atoms with Crippen molar-refractivity contribution in [2.75, 3.05) is 19.6 Å². The van der Waals surface area contributed by atoms with Gasteiger partial charge in [-0.05, 0) is 97.3 Å². The number of carbonyl (C=O) groups is 3. The highest BCUT2D eigenvalue weighted by molar-refractivity contribution is 5.67. The molecule has 9 heteroatoms. The minimum Gasteiger partial charge on any atom is -0.447 e. The van der Waals surface area contributed by atoms with Crippen LogP contribution in [0.2, 0.25) is 0 Å². The lowest BCUT2D eigenvalue weighted by atomic mass is 9.63. The Bertz CT molecular complexity index is 611. The minimum atomic E-state index is -0.388. The van der Waals surface area contributed by atoms with Gasteiger partial charge in [-0.15, -0.1) is 0 Å². The van der Waals surface area contributed by atoms with E-state index in [1.54, 1.807) is 0 Å². The van der Waals surface area contributed by atoms with Gasteiger partial charge in [0, 0.05) is 19.6 Å². The van der Waals surface area contributed by atoms with Gasteiger partial charge in [-0.2, -0.15) is 0 Å². The molecule has 0 aliphatic rings. The number of alkyl carbamates (subject to hydrolysis) is 3. The molecule has 0 heterocycles. The molecule has 9 nitrogen and oxygen atoms in total. The van der Waals surface area contributed by atoms with Crippen LogP contribution in [0, 0.1) is 17.3 Å². The van der Waals surface area contributed by atoms with E-state index in [4.69, 9.17) is 14.2 Å². The van der Waals surface area contributed by atoms with Crippen LogP contribution in [0.3, 0.4) is 0 Å². The summed E-state index contributed by atoms with van der Waals surface area (Å²) in [7, 11) is 0. The van der Waals surface area contributed by atoms with Gasteiger partial charge in [-0.1, -0.05) is 65.3 Å². The molecular formula is C33H77N3O6. The van der Waals surface area contributed by atoms with Gasteiger partial charge < -0.3 is 30.2 Å². The van der Waals surface area contributed by atoms with E-state index >= 15 is 0 Å². The predicted octanol–water partition coefficient (Wildman–Crippen LogP) is 9.83. The summed E-state index contributed by atoms with van der Waals surface area (Å²) >= 11 is 0. The SMILES string of the molecule is C.C.C.C.C.C.CCNC(=O)OC(C)CCC(C)C(C)(CCC(C)OC(=O)NCC)C(C)CCC(C)OC(=O)NCC. The Morgan fingerprint density at radius 1 is 0.524 bits per heavy atom. The van der Waals surface area contributed by atoms with Gasteiger partial charge in [0.1, 0.15) is 18.3 Å². The first kappa shape index (κ1) is 55.7. The molecule has 260 valence electrons. The fraction of sp³-hybridized carbons (Fsp3) is 0.909. The lowest BCUT2D eigenvalue weighted by Gasteiger charge is -2.42. The zero-order valence-corrected chi connectivity index (χ0v) is 24.2. The van der Waals surface area contributed by atoms with E-state index in [0.29, 0.717) is 31.5 Å². The zero-order valence-electron chi connectivity index (χ0n) is 24.2. The second-order valence-corrected chi connectivity index (χ2v) is 10.2. The Kier molecular flexibility index (Phi) is 40.1. The summed E-state index contributed by atoms with van der Waals surface area (Å²) in [6, 6.07) is 0. The first-order chi connectivity index (χ1) is 16.9. The topological polar surface area (TPSA) is 115 Å². The monoisotopic (exact) mass is 612 g/mol. The Morgan fingerprint density at radius 3 is 1.05 bits per heavy atom. The first-order valence-corrected chi connectivity index (χ1v) is 13.7. The molecule has 5 unspecified atom stereocenters. The summed E-state index contributed by atoms with van der Waals surface area (Å²) in [5.74, 6) is 0.674. The van der Waals surface area contributed by atoms with Crippen molar-refractivity contribution >= 4 is 18.3 Å². The van der Waals surface area contributed by atoms with Crippen LogP contribution in [0.4, 0.5) is 14.4 Å². The average molecular weight is 612 g/mol. The molecule has 0 saturated carbocycles. The molecule has 0 rings (SSSR count). The minimum absolute atomic E-state index is 0. The summed E-state index contributed by atoms with van der Waals surface area (Å²) in [6.45, 7) is 19.8. The molecular weight excluding hydrogens is 534 g/mol. The van der Waals surface area contributed by atoms with Gasteiger partial charge in [0.25, 0.3) is 0 Å². The van der Waals surface area contributed by atoms with Crippen molar-refractivity contribution in [1.82, 2.24) is 16.0 Å². The van der Waals surface area contributed by atoms with E-state index in [2.05, 4.69) is 36.7 Å². The second-order valence-electron chi connectivity index (χ2n) is 10.2. The van der Waals surface area contributed by atoms with Crippen LogP contribution in [0.1, 0.15) is 145 Å². The van der Waals surface area contributed by atoms with E-state index in [0.717, 1.165) is 38.5 Å². The highest BCUT2D eigenvalue weighted by Crippen LogP contribution is 2.45. The maximum atomic E-state index is 11.8. The molecule has 3 amide bonds. The third kappa shape index (κ3) is 23.4. The van der Waals surface area contributed by atoms with E-state index in [9.17, 15) is 14.4 Å². The number of nitrogens with one attached hydrogen (secondary N) is 3. The van der Waals surface area contributed by atoms with Crippen molar-refractivity contribution in [1.29, 1.82) is 0 Å². The molecule has 0 bridgehead atoms. The molecule has 0 radical (unpaired) electrons. The fourth-order valence-corrected chi connectivity index (χ4v) is 4.40. The number of ether oxygens (including phenoxy) is 3. The predicted molar refractivity (Wildman–Crippen MR) is 183 cm³/mol. The van der Waals surface area contributed by atoms with E-state index in [1.807, 2.05) is 41.5 Å². The second kappa shape index (κ2) is 30.3. The Balaban J connectivity index is -0.000000408. The molecule has 0 aliphatic carbocycles. The molecule has 5 atom stereocenters. The Morgan fingerprint density at radius 2 is 0.786 bits per heavy atom. The zero-order chi connectivity index (χ0) is 27.7. The number of carbonyl (C=O) groups excluding carboxylic acids is 3. The third-order valence-corrected chi connectivity index (χ3v) is 7.24. The average Bonchev–Trinajstić information content (AvgIpc) is 2.79. The van der Waals surface area contributed by atoms with Crippen LogP contribution in [-0.2, 0) is 14.2 Å². The molecule has 0 spiro atoms. The smallest absolute Gasteiger partial charge is 0.407 e. The summed E-state index contributed by atoms with van der Waals surface area (Å²) in [5.41, 5.74) is -0.0460. The maximum absolute atomic E-state index is 11.8.